The molecule has 0 heteroatoms. The molecule has 15 heavy (non-hydrogen) atoms. The lowest BCUT2D eigenvalue weighted by Crippen LogP contribution is -1.72. The fraction of sp³-hybridized carbons (Fsp3) is 0.0667. The van der Waals surface area contributed by atoms with E-state index in [1.807, 2.05) is 37.3 Å². The van der Waals surface area contributed by atoms with Crippen molar-refractivity contribution in [2.75, 3.05) is 0 Å². The summed E-state index contributed by atoms with van der Waals surface area (Å²) in [5.74, 6) is 0. The van der Waals surface area contributed by atoms with Gasteiger partial charge in [-0.15, -0.1) is 0 Å². The van der Waals surface area contributed by atoms with Crippen molar-refractivity contribution < 1.29 is 0 Å². The molecule has 0 amide bonds. The van der Waals surface area contributed by atoms with E-state index in [0.717, 1.165) is 0 Å². The lowest BCUT2D eigenvalue weighted by molar-refractivity contribution is 1.60. The van der Waals surface area contributed by atoms with Gasteiger partial charge in [-0.25, -0.2) is 0 Å². The third-order valence-corrected chi connectivity index (χ3v) is 2.03. The molecular formula is C15H16. The molecule has 0 aliphatic rings. The summed E-state index contributed by atoms with van der Waals surface area (Å²) in [6.07, 6.45) is 12.0. The van der Waals surface area contributed by atoms with Crippen LogP contribution in [0.15, 0.2) is 72.9 Å². The summed E-state index contributed by atoms with van der Waals surface area (Å²) in [5, 5.41) is 0. The average molecular weight is 196 g/mol. The number of hydrogen-bond acceptors (Lipinski definition) is 0. The molecule has 76 valence electrons. The quantitative estimate of drug-likeness (QED) is 0.626. The predicted molar refractivity (Wildman–Crippen MR) is 68.6 cm³/mol. The van der Waals surface area contributed by atoms with Crippen LogP contribution in [-0.2, 0) is 0 Å². The Bertz CT molecular complexity index is 378. The predicted octanol–water partition coefficient (Wildman–Crippen LogP) is 4.39. The second kappa shape index (κ2) is 6.61. The van der Waals surface area contributed by atoms with Gasteiger partial charge in [-0.05, 0) is 18.1 Å². The summed E-state index contributed by atoms with van der Waals surface area (Å²) in [6, 6.07) is 10.3. The lowest BCUT2D eigenvalue weighted by atomic mass is 10.1. The summed E-state index contributed by atoms with van der Waals surface area (Å²) in [6.45, 7) is 5.67. The molecule has 0 aliphatic heterocycles. The molecule has 0 nitrogen and oxygen atoms in total. The Morgan fingerprint density at radius 1 is 1.13 bits per heavy atom. The van der Waals surface area contributed by atoms with Crippen molar-refractivity contribution in [1.29, 1.82) is 0 Å². The first kappa shape index (κ1) is 11.3. The molecule has 0 heterocycles. The van der Waals surface area contributed by atoms with Crippen LogP contribution < -0.4 is 0 Å². The molecule has 0 spiro atoms. The van der Waals surface area contributed by atoms with Gasteiger partial charge in [0.25, 0.3) is 0 Å². The van der Waals surface area contributed by atoms with Gasteiger partial charge in [0, 0.05) is 0 Å². The molecule has 0 unspecified atom stereocenters. The van der Waals surface area contributed by atoms with Crippen molar-refractivity contribution in [3.05, 3.63) is 78.4 Å². The van der Waals surface area contributed by atoms with Gasteiger partial charge in [0.2, 0.25) is 0 Å². The van der Waals surface area contributed by atoms with Crippen molar-refractivity contribution in [3.63, 3.8) is 0 Å². The van der Waals surface area contributed by atoms with Crippen LogP contribution in [0.25, 0.3) is 6.08 Å². The van der Waals surface area contributed by atoms with Crippen LogP contribution in [0.4, 0.5) is 0 Å². The van der Waals surface area contributed by atoms with Crippen LogP contribution >= 0.6 is 0 Å². The molecule has 0 saturated heterocycles. The van der Waals surface area contributed by atoms with E-state index in [0.29, 0.717) is 0 Å². The molecule has 0 radical (unpaired) electrons. The molecule has 1 aromatic carbocycles. The minimum Gasteiger partial charge on any atom is -0.0991 e. The van der Waals surface area contributed by atoms with Crippen LogP contribution in [0.5, 0.6) is 0 Å². The highest BCUT2D eigenvalue weighted by atomic mass is 13.9. The Balaban J connectivity index is 2.72. The molecule has 0 atom stereocenters. The van der Waals surface area contributed by atoms with E-state index in [9.17, 15) is 0 Å². The number of allylic oxidation sites excluding steroid dienone is 6. The highest BCUT2D eigenvalue weighted by molar-refractivity contribution is 5.54. The van der Waals surface area contributed by atoms with Crippen LogP contribution in [0.1, 0.15) is 12.5 Å². The molecule has 0 saturated carbocycles. The third-order valence-electron chi connectivity index (χ3n) is 2.03. The second-order valence-electron chi connectivity index (χ2n) is 3.13. The van der Waals surface area contributed by atoms with Crippen molar-refractivity contribution in [2.24, 2.45) is 0 Å². The first-order valence-corrected chi connectivity index (χ1v) is 5.05. The SMILES string of the molecule is C=C/C=C\C(C=Cc1ccccc1)=C/C. The van der Waals surface area contributed by atoms with Crippen LogP contribution in [-0.4, -0.2) is 0 Å². The molecule has 1 rings (SSSR count). The molecule has 0 N–H and O–H groups in total. The standard InChI is InChI=1S/C15H16/c1-3-5-9-14(4-2)12-13-15-10-7-6-8-11-15/h3-13H,1H2,2H3/b9-5-,13-12?,14-4+. The van der Waals surface area contributed by atoms with E-state index in [2.05, 4.69) is 36.9 Å². The summed E-state index contributed by atoms with van der Waals surface area (Å²) in [4.78, 5) is 0. The zero-order valence-corrected chi connectivity index (χ0v) is 9.06. The zero-order valence-electron chi connectivity index (χ0n) is 9.06. The van der Waals surface area contributed by atoms with Crippen LogP contribution in [0, 0.1) is 0 Å². The van der Waals surface area contributed by atoms with Crippen molar-refractivity contribution >= 4 is 6.08 Å². The fourth-order valence-electron chi connectivity index (χ4n) is 1.18. The molecule has 0 aliphatic carbocycles. The summed E-state index contributed by atoms with van der Waals surface area (Å²) in [7, 11) is 0. The van der Waals surface area contributed by atoms with Gasteiger partial charge in [-0.1, -0.05) is 73.4 Å². The van der Waals surface area contributed by atoms with Crippen LogP contribution in [0.3, 0.4) is 0 Å². The molecule has 0 fully saturated rings. The van der Waals surface area contributed by atoms with E-state index in [-0.39, 0.29) is 0 Å². The van der Waals surface area contributed by atoms with Gasteiger partial charge in [0.15, 0.2) is 0 Å². The van der Waals surface area contributed by atoms with E-state index in [1.165, 1.54) is 11.1 Å². The first-order valence-electron chi connectivity index (χ1n) is 5.05. The summed E-state index contributed by atoms with van der Waals surface area (Å²) in [5.41, 5.74) is 2.39. The number of benzene rings is 1. The van der Waals surface area contributed by atoms with E-state index in [1.54, 1.807) is 6.08 Å². The van der Waals surface area contributed by atoms with E-state index >= 15 is 0 Å². The molecule has 1 aromatic rings. The Hall–Kier alpha value is -1.82. The topological polar surface area (TPSA) is 0 Å². The summed E-state index contributed by atoms with van der Waals surface area (Å²) >= 11 is 0. The normalized spacial score (nSPS) is 12.5. The van der Waals surface area contributed by atoms with Gasteiger partial charge in [0.1, 0.15) is 0 Å². The Morgan fingerprint density at radius 2 is 1.87 bits per heavy atom. The molecule has 0 bridgehead atoms. The number of hydrogen-bond donors (Lipinski definition) is 0. The Labute approximate surface area is 92.0 Å². The van der Waals surface area contributed by atoms with Gasteiger partial charge < -0.3 is 0 Å². The molecular weight excluding hydrogens is 180 g/mol. The Morgan fingerprint density at radius 3 is 2.47 bits per heavy atom. The minimum atomic E-state index is 1.18. The monoisotopic (exact) mass is 196 g/mol. The minimum absolute atomic E-state index is 1.18. The maximum Gasteiger partial charge on any atom is -0.0256 e. The maximum absolute atomic E-state index is 3.65. The number of rotatable bonds is 4. The van der Waals surface area contributed by atoms with E-state index < -0.39 is 0 Å². The third kappa shape index (κ3) is 4.28. The van der Waals surface area contributed by atoms with Gasteiger partial charge in [0.05, 0.1) is 0 Å². The van der Waals surface area contributed by atoms with Gasteiger partial charge in [-0.2, -0.15) is 0 Å². The fourth-order valence-corrected chi connectivity index (χ4v) is 1.18. The highest BCUT2D eigenvalue weighted by Crippen LogP contribution is 2.06. The van der Waals surface area contributed by atoms with Crippen molar-refractivity contribution in [2.45, 2.75) is 6.92 Å². The van der Waals surface area contributed by atoms with Crippen molar-refractivity contribution in [1.82, 2.24) is 0 Å². The zero-order chi connectivity index (χ0) is 10.9. The van der Waals surface area contributed by atoms with E-state index in [4.69, 9.17) is 0 Å². The molecule has 0 aromatic heterocycles. The van der Waals surface area contributed by atoms with Crippen molar-refractivity contribution in [3.8, 4) is 0 Å². The highest BCUT2D eigenvalue weighted by Gasteiger charge is 1.84. The Kier molecular flexibility index (Phi) is 4.96. The largest absolute Gasteiger partial charge is 0.0991 e. The van der Waals surface area contributed by atoms with Gasteiger partial charge >= 0.3 is 0 Å². The average Bonchev–Trinajstić information content (AvgIpc) is 2.31. The van der Waals surface area contributed by atoms with Gasteiger partial charge in [-0.3, -0.25) is 0 Å². The smallest absolute Gasteiger partial charge is 0.0256 e. The van der Waals surface area contributed by atoms with Crippen LogP contribution in [0.2, 0.25) is 0 Å². The maximum atomic E-state index is 3.65. The first-order chi connectivity index (χ1) is 7.36. The lowest BCUT2D eigenvalue weighted by Gasteiger charge is -1.93. The summed E-state index contributed by atoms with van der Waals surface area (Å²) < 4.78 is 0. The second-order valence-corrected chi connectivity index (χ2v) is 3.13.